The second kappa shape index (κ2) is 6.97. The average Bonchev–Trinajstić information content (AvgIpc) is 2.94. The van der Waals surface area contributed by atoms with E-state index in [9.17, 15) is 0 Å². The fraction of sp³-hybridized carbons (Fsp3) is 0.731. The standard InChI is InChI=1S/C26H38N2/c1-4-19-16-20(18-27-17-19)22-8-9-23-21-11-15-28-14-7-5-6-12-26(28,3)24(21)10-13-25(22,23)2/h8,16-18,21,23-24H,4-7,9-15H2,1-3H3. The van der Waals surface area contributed by atoms with Crippen LogP contribution in [0.3, 0.4) is 0 Å². The number of pyridine rings is 1. The summed E-state index contributed by atoms with van der Waals surface area (Å²) in [4.78, 5) is 7.48. The highest BCUT2D eigenvalue weighted by Gasteiger charge is 2.57. The molecule has 3 heterocycles. The molecule has 0 N–H and O–H groups in total. The normalized spacial score (nSPS) is 40.8. The van der Waals surface area contributed by atoms with Crippen molar-refractivity contribution in [2.24, 2.45) is 23.2 Å². The van der Waals surface area contributed by atoms with Gasteiger partial charge in [-0.3, -0.25) is 9.88 Å². The predicted molar refractivity (Wildman–Crippen MR) is 117 cm³/mol. The molecule has 28 heavy (non-hydrogen) atoms. The lowest BCUT2D eigenvalue weighted by molar-refractivity contribution is -0.0868. The minimum Gasteiger partial charge on any atom is -0.298 e. The van der Waals surface area contributed by atoms with E-state index in [0.29, 0.717) is 11.0 Å². The molecule has 2 aliphatic carbocycles. The number of rotatable bonds is 2. The van der Waals surface area contributed by atoms with Crippen LogP contribution in [0, 0.1) is 23.2 Å². The van der Waals surface area contributed by atoms with Gasteiger partial charge in [-0.15, -0.1) is 0 Å². The highest BCUT2D eigenvalue weighted by molar-refractivity contribution is 5.72. The lowest BCUT2D eigenvalue weighted by Gasteiger charge is -2.60. The van der Waals surface area contributed by atoms with Crippen LogP contribution in [0.1, 0.15) is 83.3 Å². The molecule has 0 bridgehead atoms. The summed E-state index contributed by atoms with van der Waals surface area (Å²) in [6.45, 7) is 10.1. The molecule has 152 valence electrons. The van der Waals surface area contributed by atoms with E-state index in [1.165, 1.54) is 75.6 Å². The van der Waals surface area contributed by atoms with Gasteiger partial charge >= 0.3 is 0 Å². The maximum Gasteiger partial charge on any atom is 0.0343 e. The minimum absolute atomic E-state index is 0.360. The number of aromatic nitrogens is 1. The van der Waals surface area contributed by atoms with Crippen LogP contribution in [0.25, 0.3) is 5.57 Å². The van der Waals surface area contributed by atoms with Crippen LogP contribution in [0.15, 0.2) is 24.5 Å². The van der Waals surface area contributed by atoms with Crippen LogP contribution in [-0.4, -0.2) is 28.5 Å². The molecular formula is C26H38N2. The summed E-state index contributed by atoms with van der Waals surface area (Å²) in [5.74, 6) is 2.66. The first-order chi connectivity index (χ1) is 13.6. The maximum atomic E-state index is 4.58. The molecule has 2 nitrogen and oxygen atoms in total. The van der Waals surface area contributed by atoms with Gasteiger partial charge in [0.25, 0.3) is 0 Å². The quantitative estimate of drug-likeness (QED) is 0.616. The Kier molecular flexibility index (Phi) is 4.69. The summed E-state index contributed by atoms with van der Waals surface area (Å²) in [6, 6.07) is 2.41. The van der Waals surface area contributed by atoms with Gasteiger partial charge in [0.05, 0.1) is 0 Å². The number of hydrogen-bond donors (Lipinski definition) is 0. The summed E-state index contributed by atoms with van der Waals surface area (Å²) in [5.41, 5.74) is 5.22. The fourth-order valence-corrected chi connectivity index (χ4v) is 7.77. The van der Waals surface area contributed by atoms with Crippen LogP contribution in [0.2, 0.25) is 0 Å². The molecule has 2 aliphatic heterocycles. The topological polar surface area (TPSA) is 16.1 Å². The Bertz CT molecular complexity index is 767. The number of aryl methyl sites for hydroxylation is 1. The van der Waals surface area contributed by atoms with Gasteiger partial charge in [0.1, 0.15) is 0 Å². The molecule has 1 aromatic rings. The van der Waals surface area contributed by atoms with Gasteiger partial charge in [0, 0.05) is 17.9 Å². The molecule has 0 spiro atoms. The number of nitrogens with zero attached hydrogens (tertiary/aromatic N) is 2. The van der Waals surface area contributed by atoms with Gasteiger partial charge in [-0.05, 0) is 111 Å². The maximum absolute atomic E-state index is 4.58. The van der Waals surface area contributed by atoms with Gasteiger partial charge in [-0.25, -0.2) is 0 Å². The van der Waals surface area contributed by atoms with Crippen molar-refractivity contribution >= 4 is 5.57 Å². The summed E-state index contributed by atoms with van der Waals surface area (Å²) in [5, 5.41) is 0. The van der Waals surface area contributed by atoms with Crippen LogP contribution in [0.5, 0.6) is 0 Å². The first-order valence-electron chi connectivity index (χ1n) is 12.0. The molecule has 5 rings (SSSR count). The van der Waals surface area contributed by atoms with Gasteiger partial charge < -0.3 is 0 Å². The molecule has 5 unspecified atom stereocenters. The summed E-state index contributed by atoms with van der Waals surface area (Å²) in [7, 11) is 0. The molecule has 3 fully saturated rings. The average molecular weight is 379 g/mol. The van der Waals surface area contributed by atoms with Crippen LogP contribution in [-0.2, 0) is 6.42 Å². The monoisotopic (exact) mass is 378 g/mol. The van der Waals surface area contributed by atoms with Gasteiger partial charge in [0.15, 0.2) is 0 Å². The van der Waals surface area contributed by atoms with Crippen molar-refractivity contribution in [3.63, 3.8) is 0 Å². The SMILES string of the molecule is CCc1cncc(C2=CCC3C4CCN5CCCCCC5(C)C4CCC23C)c1. The summed E-state index contributed by atoms with van der Waals surface area (Å²) < 4.78 is 0. The fourth-order valence-electron chi connectivity index (χ4n) is 7.77. The molecule has 2 saturated heterocycles. The van der Waals surface area contributed by atoms with Crippen molar-refractivity contribution in [3.05, 3.63) is 35.7 Å². The molecule has 0 amide bonds. The first-order valence-corrected chi connectivity index (χ1v) is 12.0. The molecule has 1 aromatic heterocycles. The van der Waals surface area contributed by atoms with E-state index in [-0.39, 0.29) is 0 Å². The number of hydrogen-bond acceptors (Lipinski definition) is 2. The van der Waals surface area contributed by atoms with Crippen molar-refractivity contribution in [3.8, 4) is 0 Å². The van der Waals surface area contributed by atoms with Crippen molar-refractivity contribution in [1.29, 1.82) is 0 Å². The smallest absolute Gasteiger partial charge is 0.0343 e. The third-order valence-electron chi connectivity index (χ3n) is 9.40. The van der Waals surface area contributed by atoms with Gasteiger partial charge in [-0.1, -0.05) is 32.8 Å². The van der Waals surface area contributed by atoms with E-state index in [0.717, 1.165) is 24.2 Å². The Morgan fingerprint density at radius 1 is 1.04 bits per heavy atom. The third-order valence-corrected chi connectivity index (χ3v) is 9.40. The zero-order valence-electron chi connectivity index (χ0n) is 18.2. The van der Waals surface area contributed by atoms with E-state index < -0.39 is 0 Å². The summed E-state index contributed by atoms with van der Waals surface area (Å²) in [6.07, 6.45) is 19.1. The molecule has 1 saturated carbocycles. The third kappa shape index (κ3) is 2.74. The van der Waals surface area contributed by atoms with Gasteiger partial charge in [-0.2, -0.15) is 0 Å². The lowest BCUT2D eigenvalue weighted by atomic mass is 9.52. The van der Waals surface area contributed by atoms with E-state index in [1.54, 1.807) is 5.57 Å². The highest BCUT2D eigenvalue weighted by Crippen LogP contribution is 2.63. The Hall–Kier alpha value is -1.15. The largest absolute Gasteiger partial charge is 0.298 e. The Labute approximate surface area is 171 Å². The number of piperidine rings is 1. The molecule has 5 atom stereocenters. The highest BCUT2D eigenvalue weighted by atomic mass is 15.2. The molecule has 4 aliphatic rings. The van der Waals surface area contributed by atoms with Crippen molar-refractivity contribution in [2.75, 3.05) is 13.1 Å². The molecule has 2 heteroatoms. The zero-order chi connectivity index (χ0) is 19.4. The lowest BCUT2D eigenvalue weighted by Crippen LogP contribution is -2.61. The summed E-state index contributed by atoms with van der Waals surface area (Å²) >= 11 is 0. The van der Waals surface area contributed by atoms with Gasteiger partial charge in [0.2, 0.25) is 0 Å². The minimum atomic E-state index is 0.360. The van der Waals surface area contributed by atoms with E-state index >= 15 is 0 Å². The zero-order valence-corrected chi connectivity index (χ0v) is 18.2. The molecule has 0 aromatic carbocycles. The van der Waals surface area contributed by atoms with Crippen LogP contribution in [0.4, 0.5) is 0 Å². The van der Waals surface area contributed by atoms with E-state index in [2.05, 4.69) is 49.0 Å². The first kappa shape index (κ1) is 18.9. The van der Waals surface area contributed by atoms with Crippen molar-refractivity contribution in [1.82, 2.24) is 9.88 Å². The van der Waals surface area contributed by atoms with Crippen LogP contribution < -0.4 is 0 Å². The molecule has 0 radical (unpaired) electrons. The second-order valence-corrected chi connectivity index (χ2v) is 10.6. The van der Waals surface area contributed by atoms with Crippen LogP contribution >= 0.6 is 0 Å². The second-order valence-electron chi connectivity index (χ2n) is 10.6. The molecular weight excluding hydrogens is 340 g/mol. The Morgan fingerprint density at radius 3 is 2.79 bits per heavy atom. The number of fused-ring (bicyclic) bond motifs is 5. The Morgan fingerprint density at radius 2 is 1.93 bits per heavy atom. The predicted octanol–water partition coefficient (Wildman–Crippen LogP) is 6.12. The Balaban J connectivity index is 1.44. The van der Waals surface area contributed by atoms with Crippen molar-refractivity contribution in [2.45, 2.75) is 84.1 Å². The van der Waals surface area contributed by atoms with E-state index in [4.69, 9.17) is 0 Å². The van der Waals surface area contributed by atoms with E-state index in [1.807, 2.05) is 6.20 Å². The van der Waals surface area contributed by atoms with Crippen molar-refractivity contribution < 1.29 is 0 Å². The number of allylic oxidation sites excluding steroid dienone is 2.